The fourth-order valence-corrected chi connectivity index (χ4v) is 5.01. The number of carbonyl (C=O) groups excluding carboxylic acids is 1. The van der Waals surface area contributed by atoms with E-state index < -0.39 is 5.82 Å². The summed E-state index contributed by atoms with van der Waals surface area (Å²) in [7, 11) is 0. The Morgan fingerprint density at radius 1 is 1.21 bits per heavy atom. The van der Waals surface area contributed by atoms with Crippen molar-refractivity contribution in [3.05, 3.63) is 72.3 Å². The van der Waals surface area contributed by atoms with Crippen LogP contribution in [0, 0.1) is 5.82 Å². The van der Waals surface area contributed by atoms with Crippen LogP contribution in [0.4, 0.5) is 10.2 Å². The van der Waals surface area contributed by atoms with Gasteiger partial charge in [-0.3, -0.25) is 4.79 Å². The summed E-state index contributed by atoms with van der Waals surface area (Å²) in [5, 5.41) is 12.5. The van der Waals surface area contributed by atoms with E-state index in [-0.39, 0.29) is 33.8 Å². The lowest BCUT2D eigenvalue weighted by atomic mass is 9.96. The molecule has 0 saturated carbocycles. The molecule has 0 spiro atoms. The molecule has 2 heterocycles. The van der Waals surface area contributed by atoms with Crippen molar-refractivity contribution in [3.63, 3.8) is 0 Å². The molecule has 1 N–H and O–H groups in total. The average Bonchev–Trinajstić information content (AvgIpc) is 2.83. The third-order valence-corrected chi connectivity index (χ3v) is 6.60. The number of hydrogen-bond donors (Lipinski definition) is 1. The van der Waals surface area contributed by atoms with Gasteiger partial charge in [0.05, 0.1) is 5.02 Å². The van der Waals surface area contributed by atoms with Crippen molar-refractivity contribution in [3.8, 4) is 16.9 Å². The van der Waals surface area contributed by atoms with Crippen molar-refractivity contribution in [2.75, 3.05) is 24.5 Å². The third kappa shape index (κ3) is 3.62. The number of aromatic nitrogens is 2. The molecule has 1 aliphatic rings. The maximum atomic E-state index is 16.0. The van der Waals surface area contributed by atoms with Crippen molar-refractivity contribution in [2.24, 2.45) is 0 Å². The van der Waals surface area contributed by atoms with Gasteiger partial charge < -0.3 is 14.9 Å². The standard InChI is InChI=1S/C26H22ClFN4O2/c1-3-22(34)32-9-8-31(13-15(32)2)26-20-12-21(27)23(24(28)25(20)29-14-30-26)19-11-17(33)10-16-6-4-5-7-18(16)19/h3-7,10-12,14-15,33H,1,8-9,13H2,2H3. The lowest BCUT2D eigenvalue weighted by molar-refractivity contribution is -0.128. The molecule has 1 aromatic heterocycles. The highest BCUT2D eigenvalue weighted by molar-refractivity contribution is 6.35. The summed E-state index contributed by atoms with van der Waals surface area (Å²) in [6, 6.07) is 12.2. The van der Waals surface area contributed by atoms with Gasteiger partial charge in [-0.1, -0.05) is 42.4 Å². The van der Waals surface area contributed by atoms with Crippen molar-refractivity contribution in [1.82, 2.24) is 14.9 Å². The molecule has 1 saturated heterocycles. The van der Waals surface area contributed by atoms with Gasteiger partial charge >= 0.3 is 0 Å². The molecule has 1 aliphatic heterocycles. The van der Waals surface area contributed by atoms with Crippen LogP contribution in [0.1, 0.15) is 6.92 Å². The zero-order chi connectivity index (χ0) is 24.0. The number of amides is 1. The quantitative estimate of drug-likeness (QED) is 0.413. The predicted octanol–water partition coefficient (Wildman–Crippen LogP) is 5.17. The van der Waals surface area contributed by atoms with Crippen molar-refractivity contribution < 1.29 is 14.3 Å². The van der Waals surface area contributed by atoms with E-state index in [9.17, 15) is 9.90 Å². The Hall–Kier alpha value is -3.71. The Morgan fingerprint density at radius 3 is 2.76 bits per heavy atom. The monoisotopic (exact) mass is 476 g/mol. The van der Waals surface area contributed by atoms with E-state index >= 15 is 4.39 Å². The van der Waals surface area contributed by atoms with E-state index in [1.54, 1.807) is 17.0 Å². The fourth-order valence-electron chi connectivity index (χ4n) is 4.71. The molecule has 6 nitrogen and oxygen atoms in total. The number of piperazine rings is 1. The lowest BCUT2D eigenvalue weighted by Crippen LogP contribution is -2.54. The highest BCUT2D eigenvalue weighted by atomic mass is 35.5. The number of phenolic OH excluding ortho intramolecular Hbond substituents is 1. The fraction of sp³-hybridized carbons (Fsp3) is 0.192. The molecule has 4 aromatic rings. The van der Waals surface area contributed by atoms with Crippen LogP contribution in [0.25, 0.3) is 32.8 Å². The summed E-state index contributed by atoms with van der Waals surface area (Å²) in [4.78, 5) is 24.5. The second-order valence-electron chi connectivity index (χ2n) is 8.39. The Labute approximate surface area is 200 Å². The first kappa shape index (κ1) is 22.1. The van der Waals surface area contributed by atoms with E-state index in [0.717, 1.165) is 10.8 Å². The van der Waals surface area contributed by atoms with Crippen molar-refractivity contribution >= 4 is 45.0 Å². The van der Waals surface area contributed by atoms with Gasteiger partial charge in [-0.05, 0) is 47.5 Å². The molecule has 34 heavy (non-hydrogen) atoms. The van der Waals surface area contributed by atoms with E-state index in [2.05, 4.69) is 16.5 Å². The molecule has 1 atom stereocenters. The largest absolute Gasteiger partial charge is 0.508 e. The lowest BCUT2D eigenvalue weighted by Gasteiger charge is -2.40. The number of rotatable bonds is 3. The minimum atomic E-state index is -0.574. The van der Waals surface area contributed by atoms with Crippen molar-refractivity contribution in [1.29, 1.82) is 0 Å². The summed E-state index contributed by atoms with van der Waals surface area (Å²) in [6.07, 6.45) is 2.65. The molecule has 5 rings (SSSR count). The Bertz CT molecular complexity index is 1460. The number of benzene rings is 3. The zero-order valence-electron chi connectivity index (χ0n) is 18.5. The van der Waals surface area contributed by atoms with Gasteiger partial charge in [0.2, 0.25) is 5.91 Å². The Balaban J connectivity index is 1.63. The molecule has 0 aliphatic carbocycles. The van der Waals surface area contributed by atoms with E-state index in [1.807, 2.05) is 36.1 Å². The first-order valence-corrected chi connectivity index (χ1v) is 11.3. The van der Waals surface area contributed by atoms with Crippen molar-refractivity contribution in [2.45, 2.75) is 13.0 Å². The average molecular weight is 477 g/mol. The van der Waals surface area contributed by atoms with E-state index in [4.69, 9.17) is 11.6 Å². The van der Waals surface area contributed by atoms with E-state index in [1.165, 1.54) is 18.5 Å². The molecule has 172 valence electrons. The first-order chi connectivity index (χ1) is 16.4. The minimum Gasteiger partial charge on any atom is -0.508 e. The number of fused-ring (bicyclic) bond motifs is 2. The molecule has 0 radical (unpaired) electrons. The maximum Gasteiger partial charge on any atom is 0.246 e. The zero-order valence-corrected chi connectivity index (χ0v) is 19.3. The summed E-state index contributed by atoms with van der Waals surface area (Å²) in [5.41, 5.74) is 0.820. The van der Waals surface area contributed by atoms with Gasteiger partial charge in [-0.25, -0.2) is 14.4 Å². The number of phenols is 1. The van der Waals surface area contributed by atoms with Crippen LogP contribution in [-0.4, -0.2) is 51.6 Å². The Kier molecular flexibility index (Phi) is 5.57. The van der Waals surface area contributed by atoms with Gasteiger partial charge in [0.15, 0.2) is 5.82 Å². The number of aromatic hydroxyl groups is 1. The number of hydrogen-bond acceptors (Lipinski definition) is 5. The van der Waals surface area contributed by atoms with Crippen LogP contribution in [0.2, 0.25) is 5.02 Å². The van der Waals surface area contributed by atoms with E-state index in [0.29, 0.717) is 36.4 Å². The number of halogens is 2. The highest BCUT2D eigenvalue weighted by Gasteiger charge is 2.29. The van der Waals surface area contributed by atoms with Crippen LogP contribution in [0.15, 0.2) is 61.4 Å². The molecule has 8 heteroatoms. The maximum absolute atomic E-state index is 16.0. The van der Waals surface area contributed by atoms with Gasteiger partial charge in [0, 0.05) is 36.6 Å². The summed E-state index contributed by atoms with van der Waals surface area (Å²) < 4.78 is 16.0. The molecular formula is C26H22ClFN4O2. The first-order valence-electron chi connectivity index (χ1n) is 10.9. The number of nitrogens with zero attached hydrogens (tertiary/aromatic N) is 4. The predicted molar refractivity (Wildman–Crippen MR) is 133 cm³/mol. The second-order valence-corrected chi connectivity index (χ2v) is 8.79. The number of anilines is 1. The highest BCUT2D eigenvalue weighted by Crippen LogP contribution is 2.41. The summed E-state index contributed by atoms with van der Waals surface area (Å²) in [6.45, 7) is 7.09. The normalized spacial score (nSPS) is 16.3. The molecule has 1 unspecified atom stereocenters. The summed E-state index contributed by atoms with van der Waals surface area (Å²) >= 11 is 6.66. The second kappa shape index (κ2) is 8.57. The van der Waals surface area contributed by atoms with Crippen LogP contribution < -0.4 is 4.90 Å². The molecule has 3 aromatic carbocycles. The Morgan fingerprint density at radius 2 is 2.00 bits per heavy atom. The number of carbonyl (C=O) groups is 1. The van der Waals surface area contributed by atoms with Gasteiger partial charge in [-0.2, -0.15) is 0 Å². The van der Waals surface area contributed by atoms with Crippen LogP contribution in [0.3, 0.4) is 0 Å². The van der Waals surface area contributed by atoms with Crippen LogP contribution in [0.5, 0.6) is 5.75 Å². The van der Waals surface area contributed by atoms with Gasteiger partial charge in [-0.15, -0.1) is 0 Å². The van der Waals surface area contributed by atoms with Crippen LogP contribution >= 0.6 is 11.6 Å². The third-order valence-electron chi connectivity index (χ3n) is 6.30. The van der Waals surface area contributed by atoms with Gasteiger partial charge in [0.1, 0.15) is 23.4 Å². The van der Waals surface area contributed by atoms with Crippen LogP contribution in [-0.2, 0) is 4.79 Å². The smallest absolute Gasteiger partial charge is 0.246 e. The topological polar surface area (TPSA) is 69.6 Å². The molecule has 1 amide bonds. The summed E-state index contributed by atoms with van der Waals surface area (Å²) in [5.74, 6) is -0.101. The molecule has 1 fully saturated rings. The SMILES string of the molecule is C=CC(=O)N1CCN(c2ncnc3c(F)c(-c4cc(O)cc5ccccc45)c(Cl)cc23)CC1C. The molecular weight excluding hydrogens is 455 g/mol. The van der Waals surface area contributed by atoms with Gasteiger partial charge in [0.25, 0.3) is 0 Å². The molecule has 0 bridgehead atoms. The minimum absolute atomic E-state index is 0.0218.